The van der Waals surface area contributed by atoms with Crippen molar-refractivity contribution in [3.8, 4) is 0 Å². The van der Waals surface area contributed by atoms with E-state index in [1.165, 1.54) is 24.0 Å². The molecule has 2 atom stereocenters. The van der Waals surface area contributed by atoms with Gasteiger partial charge in [-0.15, -0.1) is 0 Å². The van der Waals surface area contributed by atoms with Crippen LogP contribution in [0.25, 0.3) is 0 Å². The summed E-state index contributed by atoms with van der Waals surface area (Å²) in [6.07, 6.45) is 20.3. The first kappa shape index (κ1) is 18.7. The highest BCUT2D eigenvalue weighted by molar-refractivity contribution is 5.42. The van der Waals surface area contributed by atoms with Gasteiger partial charge in [0.2, 0.25) is 0 Å². The Morgan fingerprint density at radius 3 is 2.30 bits per heavy atom. The summed E-state index contributed by atoms with van der Waals surface area (Å²) in [5.74, 6) is 1.70. The topological polar surface area (TPSA) is 0 Å². The van der Waals surface area contributed by atoms with Gasteiger partial charge in [-0.2, -0.15) is 0 Å². The molecular weight excluding hydrogens is 240 g/mol. The van der Waals surface area contributed by atoms with Gasteiger partial charge in [-0.3, -0.25) is 0 Å². The minimum Gasteiger partial charge on any atom is -0.0871 e. The Bertz CT molecular complexity index is 388. The van der Waals surface area contributed by atoms with E-state index < -0.39 is 0 Å². The average molecular weight is 272 g/mol. The van der Waals surface area contributed by atoms with Crippen LogP contribution in [0.1, 0.15) is 54.4 Å². The lowest BCUT2D eigenvalue weighted by atomic mass is 10.1. The maximum atomic E-state index is 2.39. The van der Waals surface area contributed by atoms with Crippen molar-refractivity contribution in [3.63, 3.8) is 0 Å². The molecule has 0 nitrogen and oxygen atoms in total. The van der Waals surface area contributed by atoms with Crippen LogP contribution in [0.3, 0.4) is 0 Å². The van der Waals surface area contributed by atoms with Crippen LogP contribution in [0.5, 0.6) is 0 Å². The van der Waals surface area contributed by atoms with Crippen LogP contribution in [0, 0.1) is 11.8 Å². The Morgan fingerprint density at radius 1 is 1.15 bits per heavy atom. The Morgan fingerprint density at radius 2 is 1.80 bits per heavy atom. The van der Waals surface area contributed by atoms with Crippen LogP contribution in [0.15, 0.2) is 59.8 Å². The Labute approximate surface area is 126 Å². The van der Waals surface area contributed by atoms with Gasteiger partial charge in [0.15, 0.2) is 0 Å². The number of hydrogen-bond donors (Lipinski definition) is 0. The lowest BCUT2D eigenvalue weighted by Crippen LogP contribution is -1.84. The standard InChI is InChI=1S/C15H18.C3H8.C2H6/c1-3-5-12(4-2)6-7-13-8-9-14-11-15(14)10-13;1-3-2;1-2/h3-10,14-15H,11H2,1-2H3;3H2,1-2H3;1-2H3/b5-3-,7-6+,12-4+;;. The third-order valence-electron chi connectivity index (χ3n) is 2.99. The SMILES string of the molecule is CC.CCC.C\C=C/C(/C=C/C1=CC2CC2C=C1)=C\C. The van der Waals surface area contributed by atoms with E-state index in [2.05, 4.69) is 69.4 Å². The zero-order valence-corrected chi connectivity index (χ0v) is 14.2. The summed E-state index contributed by atoms with van der Waals surface area (Å²) in [5, 5.41) is 0. The number of rotatable bonds is 3. The van der Waals surface area contributed by atoms with Gasteiger partial charge in [0.25, 0.3) is 0 Å². The van der Waals surface area contributed by atoms with Crippen molar-refractivity contribution in [1.82, 2.24) is 0 Å². The molecule has 1 saturated carbocycles. The highest BCUT2D eigenvalue weighted by Gasteiger charge is 2.34. The molecule has 0 saturated heterocycles. The summed E-state index contributed by atoms with van der Waals surface area (Å²) in [4.78, 5) is 0. The fourth-order valence-corrected chi connectivity index (χ4v) is 1.93. The maximum Gasteiger partial charge on any atom is -0.0155 e. The number of allylic oxidation sites excluding steroid dienone is 10. The van der Waals surface area contributed by atoms with Gasteiger partial charge in [0, 0.05) is 0 Å². The van der Waals surface area contributed by atoms with Gasteiger partial charge in [-0.25, -0.2) is 0 Å². The summed E-state index contributed by atoms with van der Waals surface area (Å²) in [7, 11) is 0. The number of hydrogen-bond acceptors (Lipinski definition) is 0. The van der Waals surface area contributed by atoms with E-state index in [1.807, 2.05) is 20.8 Å². The zero-order chi connectivity index (χ0) is 15.4. The molecule has 0 aromatic carbocycles. The van der Waals surface area contributed by atoms with E-state index in [9.17, 15) is 0 Å². The molecule has 0 radical (unpaired) electrons. The van der Waals surface area contributed by atoms with Crippen LogP contribution >= 0.6 is 0 Å². The van der Waals surface area contributed by atoms with E-state index in [1.54, 1.807) is 0 Å². The van der Waals surface area contributed by atoms with Crippen molar-refractivity contribution in [2.24, 2.45) is 11.8 Å². The van der Waals surface area contributed by atoms with Crippen LogP contribution in [-0.4, -0.2) is 0 Å². The highest BCUT2D eigenvalue weighted by atomic mass is 14.4. The average Bonchev–Trinajstić information content (AvgIpc) is 3.25. The van der Waals surface area contributed by atoms with Crippen molar-refractivity contribution < 1.29 is 0 Å². The Hall–Kier alpha value is -1.30. The van der Waals surface area contributed by atoms with Crippen molar-refractivity contribution in [3.05, 3.63) is 59.8 Å². The molecule has 20 heavy (non-hydrogen) atoms. The Kier molecular flexibility index (Phi) is 10.8. The molecule has 0 aromatic rings. The second kappa shape index (κ2) is 11.5. The zero-order valence-electron chi connectivity index (χ0n) is 14.2. The molecule has 2 rings (SSSR count). The normalized spacial score (nSPS) is 23.5. The van der Waals surface area contributed by atoms with Crippen LogP contribution in [0.4, 0.5) is 0 Å². The van der Waals surface area contributed by atoms with E-state index in [0.29, 0.717) is 0 Å². The summed E-state index contributed by atoms with van der Waals surface area (Å²) >= 11 is 0. The summed E-state index contributed by atoms with van der Waals surface area (Å²) in [6.45, 7) is 12.4. The van der Waals surface area contributed by atoms with Crippen molar-refractivity contribution in [2.45, 2.75) is 54.4 Å². The lowest BCUT2D eigenvalue weighted by Gasteiger charge is -2.00. The van der Waals surface area contributed by atoms with Gasteiger partial charge in [-0.05, 0) is 43.3 Å². The van der Waals surface area contributed by atoms with E-state index >= 15 is 0 Å². The molecule has 112 valence electrons. The van der Waals surface area contributed by atoms with Crippen LogP contribution in [-0.2, 0) is 0 Å². The first-order valence-electron chi connectivity index (χ1n) is 8.12. The minimum absolute atomic E-state index is 0.838. The van der Waals surface area contributed by atoms with Gasteiger partial charge < -0.3 is 0 Å². The molecule has 2 unspecified atom stereocenters. The molecule has 0 bridgehead atoms. The maximum absolute atomic E-state index is 2.39. The fourth-order valence-electron chi connectivity index (χ4n) is 1.93. The quantitative estimate of drug-likeness (QED) is 0.505. The van der Waals surface area contributed by atoms with E-state index in [4.69, 9.17) is 0 Å². The fraction of sp³-hybridized carbons (Fsp3) is 0.500. The van der Waals surface area contributed by atoms with Crippen molar-refractivity contribution >= 4 is 0 Å². The molecule has 0 heteroatoms. The van der Waals surface area contributed by atoms with E-state index in [-0.39, 0.29) is 0 Å². The van der Waals surface area contributed by atoms with E-state index in [0.717, 1.165) is 11.8 Å². The molecule has 0 amide bonds. The predicted molar refractivity (Wildman–Crippen MR) is 93.8 cm³/mol. The molecule has 2 aliphatic carbocycles. The molecule has 1 fully saturated rings. The van der Waals surface area contributed by atoms with Gasteiger partial charge in [-0.1, -0.05) is 82.7 Å². The van der Waals surface area contributed by atoms with Gasteiger partial charge in [0.1, 0.15) is 0 Å². The van der Waals surface area contributed by atoms with Crippen LogP contribution < -0.4 is 0 Å². The molecule has 0 N–H and O–H groups in total. The minimum atomic E-state index is 0.838. The summed E-state index contributed by atoms with van der Waals surface area (Å²) in [5.41, 5.74) is 2.63. The second-order valence-corrected chi connectivity index (χ2v) is 4.92. The van der Waals surface area contributed by atoms with Gasteiger partial charge >= 0.3 is 0 Å². The first-order valence-corrected chi connectivity index (χ1v) is 8.12. The Balaban J connectivity index is 0.000000641. The van der Waals surface area contributed by atoms with Crippen LogP contribution in [0.2, 0.25) is 0 Å². The molecular formula is C20H32. The summed E-state index contributed by atoms with van der Waals surface area (Å²) < 4.78 is 0. The molecule has 0 aromatic heterocycles. The third-order valence-corrected chi connectivity index (χ3v) is 2.99. The van der Waals surface area contributed by atoms with Gasteiger partial charge in [0.05, 0.1) is 0 Å². The number of fused-ring (bicyclic) bond motifs is 1. The third kappa shape index (κ3) is 7.33. The molecule has 0 spiro atoms. The summed E-state index contributed by atoms with van der Waals surface area (Å²) in [6, 6.07) is 0. The van der Waals surface area contributed by atoms with Crippen molar-refractivity contribution in [1.29, 1.82) is 0 Å². The smallest absolute Gasteiger partial charge is 0.0155 e. The molecule has 0 heterocycles. The van der Waals surface area contributed by atoms with Crippen molar-refractivity contribution in [2.75, 3.05) is 0 Å². The largest absolute Gasteiger partial charge is 0.0871 e. The first-order chi connectivity index (χ1) is 9.74. The molecule has 0 aliphatic heterocycles. The molecule has 2 aliphatic rings. The monoisotopic (exact) mass is 272 g/mol. The lowest BCUT2D eigenvalue weighted by molar-refractivity contribution is 0.971. The highest BCUT2D eigenvalue weighted by Crippen LogP contribution is 2.44. The predicted octanol–water partition coefficient (Wildman–Crippen LogP) is 6.64. The second-order valence-electron chi connectivity index (χ2n) is 4.92.